The van der Waals surface area contributed by atoms with Crippen LogP contribution >= 0.6 is 11.6 Å². The Morgan fingerprint density at radius 2 is 1.59 bits per heavy atom. The van der Waals surface area contributed by atoms with E-state index in [0.717, 1.165) is 5.69 Å². The largest absolute Gasteiger partial charge is 0.431 e. The van der Waals surface area contributed by atoms with Gasteiger partial charge < -0.3 is 19.7 Å². The number of nitrogens with one attached hydrogen (secondary N) is 3. The van der Waals surface area contributed by atoms with Crippen molar-refractivity contribution in [3.05, 3.63) is 89.4 Å². The Labute approximate surface area is 201 Å². The molecule has 0 unspecified atom stereocenters. The first-order valence-electron chi connectivity index (χ1n) is 10.6. The number of nitrogens with zero attached hydrogens (tertiary/aromatic N) is 1. The third-order valence-corrected chi connectivity index (χ3v) is 5.38. The third-order valence-electron chi connectivity index (χ3n) is 5.13. The van der Waals surface area contributed by atoms with Crippen LogP contribution in [0.5, 0.6) is 0 Å². The lowest BCUT2D eigenvalue weighted by atomic mass is 10.1. The molecule has 0 bridgehead atoms. The Balaban J connectivity index is 1.45. The van der Waals surface area contributed by atoms with Crippen LogP contribution in [0.1, 0.15) is 11.7 Å². The van der Waals surface area contributed by atoms with Gasteiger partial charge in [0.2, 0.25) is 6.10 Å². The highest BCUT2D eigenvalue weighted by atomic mass is 35.5. The Hall–Kier alpha value is -3.88. The van der Waals surface area contributed by atoms with Crippen LogP contribution in [-0.2, 0) is 14.3 Å². The molecule has 0 spiro atoms. The highest BCUT2D eigenvalue weighted by Crippen LogP contribution is 2.24. The van der Waals surface area contributed by atoms with Gasteiger partial charge in [0.25, 0.3) is 5.91 Å². The normalized spacial score (nSPS) is 14.3. The van der Waals surface area contributed by atoms with Crippen molar-refractivity contribution in [1.82, 2.24) is 0 Å². The molecule has 1 heterocycles. The average Bonchev–Trinajstić information content (AvgIpc) is 2.85. The summed E-state index contributed by atoms with van der Waals surface area (Å²) < 4.78 is 10.8. The predicted octanol–water partition coefficient (Wildman–Crippen LogP) is 5.08. The highest BCUT2D eigenvalue weighted by molar-refractivity contribution is 6.30. The van der Waals surface area contributed by atoms with Crippen LogP contribution in [0.15, 0.2) is 78.9 Å². The second kappa shape index (κ2) is 10.8. The number of hydrogen-bond donors (Lipinski definition) is 3. The third kappa shape index (κ3) is 5.92. The van der Waals surface area contributed by atoms with E-state index in [2.05, 4.69) is 10.6 Å². The molecular formula is C25H23ClN4O4. The van der Waals surface area contributed by atoms with Crippen molar-refractivity contribution in [3.8, 4) is 0 Å². The lowest BCUT2D eigenvalue weighted by Gasteiger charge is -2.29. The number of amides is 2. The monoisotopic (exact) mass is 478 g/mol. The molecule has 1 atom stereocenters. The van der Waals surface area contributed by atoms with E-state index in [-0.39, 0.29) is 6.61 Å². The molecule has 4 rings (SSSR count). The molecule has 1 saturated heterocycles. The van der Waals surface area contributed by atoms with Crippen molar-refractivity contribution in [2.24, 2.45) is 0 Å². The highest BCUT2D eigenvalue weighted by Gasteiger charge is 2.25. The van der Waals surface area contributed by atoms with E-state index < -0.39 is 18.1 Å². The zero-order valence-corrected chi connectivity index (χ0v) is 18.9. The number of hydrogen-bond acceptors (Lipinski definition) is 5. The van der Waals surface area contributed by atoms with Crippen LogP contribution in [0.3, 0.4) is 0 Å². The summed E-state index contributed by atoms with van der Waals surface area (Å²) in [6, 6.07) is 22.5. The number of halogens is 1. The van der Waals surface area contributed by atoms with Crippen molar-refractivity contribution >= 4 is 46.5 Å². The first kappa shape index (κ1) is 23.3. The fourth-order valence-corrected chi connectivity index (χ4v) is 3.57. The molecule has 8 nitrogen and oxygen atoms in total. The molecule has 0 saturated carbocycles. The van der Waals surface area contributed by atoms with Gasteiger partial charge in [-0.25, -0.2) is 4.79 Å². The van der Waals surface area contributed by atoms with Crippen molar-refractivity contribution in [3.63, 3.8) is 0 Å². The van der Waals surface area contributed by atoms with E-state index >= 15 is 0 Å². The molecule has 34 heavy (non-hydrogen) atoms. The number of anilines is 3. The lowest BCUT2D eigenvalue weighted by molar-refractivity contribution is -0.124. The summed E-state index contributed by atoms with van der Waals surface area (Å²) in [5, 5.41) is 14.0. The molecule has 9 heteroatoms. The summed E-state index contributed by atoms with van der Waals surface area (Å²) in [6.45, 7) is 1.42. The Morgan fingerprint density at radius 3 is 2.26 bits per heavy atom. The zero-order valence-electron chi connectivity index (χ0n) is 18.2. The van der Waals surface area contributed by atoms with E-state index in [1.54, 1.807) is 60.7 Å². The first-order chi connectivity index (χ1) is 16.5. The predicted molar refractivity (Wildman–Crippen MR) is 132 cm³/mol. The van der Waals surface area contributed by atoms with Crippen molar-refractivity contribution in [2.75, 3.05) is 35.3 Å². The second-order valence-electron chi connectivity index (χ2n) is 7.51. The van der Waals surface area contributed by atoms with Gasteiger partial charge in [0.15, 0.2) is 0 Å². The summed E-state index contributed by atoms with van der Waals surface area (Å²) in [5.41, 5.74) is 2.40. The standard InChI is InChI=1S/C25H23ClN4O4/c26-18-6-8-20(9-7-18)29-25(32)34-23(17-4-2-1-3-5-17)24(31)28-19-10-12-21(13-11-19)30-14-15-33-16-22(30)27/h1-13,23,27H,14-16H2,(H,28,31)(H,29,32)/t23-/m1/s1. The number of amidine groups is 1. The maximum atomic E-state index is 13.1. The molecule has 3 N–H and O–H groups in total. The summed E-state index contributed by atoms with van der Waals surface area (Å²) >= 11 is 5.88. The summed E-state index contributed by atoms with van der Waals surface area (Å²) in [6.07, 6.45) is -1.94. The fourth-order valence-electron chi connectivity index (χ4n) is 3.44. The summed E-state index contributed by atoms with van der Waals surface area (Å²) in [5.74, 6) is -0.114. The van der Waals surface area contributed by atoms with Crippen LogP contribution in [0.2, 0.25) is 5.02 Å². The molecule has 0 radical (unpaired) electrons. The van der Waals surface area contributed by atoms with Gasteiger partial charge in [0.05, 0.1) is 6.61 Å². The van der Waals surface area contributed by atoms with Crippen molar-refractivity contribution < 1.29 is 19.1 Å². The van der Waals surface area contributed by atoms with Gasteiger partial charge in [-0.1, -0.05) is 41.9 Å². The van der Waals surface area contributed by atoms with E-state index in [1.165, 1.54) is 0 Å². The van der Waals surface area contributed by atoms with Crippen LogP contribution in [-0.4, -0.2) is 37.6 Å². The van der Waals surface area contributed by atoms with E-state index in [4.69, 9.17) is 26.5 Å². The Kier molecular flexibility index (Phi) is 7.41. The molecule has 2 amide bonds. The van der Waals surface area contributed by atoms with Gasteiger partial charge in [-0.15, -0.1) is 0 Å². The molecular weight excluding hydrogens is 456 g/mol. The smallest absolute Gasteiger partial charge is 0.412 e. The molecule has 1 aliphatic heterocycles. The van der Waals surface area contributed by atoms with Gasteiger partial charge in [0, 0.05) is 34.2 Å². The number of carbonyl (C=O) groups excluding carboxylic acids is 2. The molecule has 1 aliphatic rings. The zero-order chi connectivity index (χ0) is 23.9. The minimum Gasteiger partial charge on any atom is -0.431 e. The van der Waals surface area contributed by atoms with Gasteiger partial charge in [-0.05, 0) is 48.5 Å². The first-order valence-corrected chi connectivity index (χ1v) is 11.0. The van der Waals surface area contributed by atoms with Crippen LogP contribution in [0.4, 0.5) is 21.9 Å². The second-order valence-corrected chi connectivity index (χ2v) is 7.95. The van der Waals surface area contributed by atoms with E-state index in [9.17, 15) is 9.59 Å². The number of ether oxygens (including phenoxy) is 2. The maximum Gasteiger partial charge on any atom is 0.412 e. The Bertz CT molecular complexity index is 1150. The summed E-state index contributed by atoms with van der Waals surface area (Å²) in [7, 11) is 0. The van der Waals surface area contributed by atoms with Crippen LogP contribution < -0.4 is 15.5 Å². The van der Waals surface area contributed by atoms with Gasteiger partial charge in [0.1, 0.15) is 12.4 Å². The molecule has 3 aromatic carbocycles. The minimum absolute atomic E-state index is 0.271. The number of rotatable bonds is 6. The van der Waals surface area contributed by atoms with Gasteiger partial charge in [-0.2, -0.15) is 0 Å². The molecule has 1 fully saturated rings. The topological polar surface area (TPSA) is 104 Å². The van der Waals surface area contributed by atoms with Gasteiger partial charge >= 0.3 is 6.09 Å². The van der Waals surface area contributed by atoms with E-state index in [0.29, 0.717) is 40.9 Å². The number of benzene rings is 3. The maximum absolute atomic E-state index is 13.1. The minimum atomic E-state index is -1.17. The number of carbonyl (C=O) groups is 2. The van der Waals surface area contributed by atoms with Crippen molar-refractivity contribution in [1.29, 1.82) is 5.41 Å². The van der Waals surface area contributed by atoms with Crippen LogP contribution in [0, 0.1) is 5.41 Å². The lowest BCUT2D eigenvalue weighted by Crippen LogP contribution is -2.41. The molecule has 3 aromatic rings. The summed E-state index contributed by atoms with van der Waals surface area (Å²) in [4.78, 5) is 27.4. The molecule has 0 aliphatic carbocycles. The average molecular weight is 479 g/mol. The van der Waals surface area contributed by atoms with E-state index in [1.807, 2.05) is 23.1 Å². The quantitative estimate of drug-likeness (QED) is 0.458. The molecule has 174 valence electrons. The molecule has 0 aromatic heterocycles. The SMILES string of the molecule is N=C1COCCN1c1ccc(NC(=O)[C@H](OC(=O)Nc2ccc(Cl)cc2)c2ccccc2)cc1. The Morgan fingerprint density at radius 1 is 0.941 bits per heavy atom. The fraction of sp³-hybridized carbons (Fsp3) is 0.160. The van der Waals surface area contributed by atoms with Crippen LogP contribution in [0.25, 0.3) is 0 Å². The van der Waals surface area contributed by atoms with Crippen molar-refractivity contribution in [2.45, 2.75) is 6.10 Å². The van der Waals surface area contributed by atoms with Gasteiger partial charge in [-0.3, -0.25) is 15.5 Å². The number of morpholine rings is 1.